The van der Waals surface area contributed by atoms with Crippen molar-refractivity contribution in [2.45, 2.75) is 20.1 Å². The number of ether oxygens (including phenoxy) is 2. The average molecular weight is 525 g/mol. The summed E-state index contributed by atoms with van der Waals surface area (Å²) in [7, 11) is 0. The van der Waals surface area contributed by atoms with Crippen molar-refractivity contribution in [2.75, 3.05) is 10.6 Å². The number of pyridine rings is 1. The smallest absolute Gasteiger partial charge is 0.387 e. The average Bonchev–Trinajstić information content (AvgIpc) is 3.21. The molecule has 3 heterocycles. The number of aryl methyl sites for hydroxylation is 1. The lowest BCUT2D eigenvalue weighted by Crippen LogP contribution is -2.04. The number of hydrogen-bond acceptors (Lipinski definition) is 8. The number of nitrogens with one attached hydrogen (secondary N) is 2. The molecule has 13 heteroatoms. The molecule has 0 saturated heterocycles. The van der Waals surface area contributed by atoms with Gasteiger partial charge in [-0.1, -0.05) is 0 Å². The Morgan fingerprint density at radius 1 is 0.737 bits per heavy atom. The molecule has 194 valence electrons. The van der Waals surface area contributed by atoms with Crippen molar-refractivity contribution in [2.24, 2.45) is 0 Å². The predicted molar refractivity (Wildman–Crippen MR) is 132 cm³/mol. The number of imidazole rings is 1. The number of alkyl halides is 4. The van der Waals surface area contributed by atoms with Crippen LogP contribution in [0.5, 0.6) is 11.5 Å². The maximum atomic E-state index is 12.4. The maximum absolute atomic E-state index is 12.4. The lowest BCUT2D eigenvalue weighted by molar-refractivity contribution is -0.0505. The van der Waals surface area contributed by atoms with E-state index >= 15 is 0 Å². The molecule has 3 aromatic heterocycles. The van der Waals surface area contributed by atoms with E-state index in [1.54, 1.807) is 48.1 Å². The zero-order chi connectivity index (χ0) is 26.6. The van der Waals surface area contributed by atoms with Crippen LogP contribution in [0.25, 0.3) is 17.0 Å². The minimum absolute atomic E-state index is 0.0419. The van der Waals surface area contributed by atoms with Gasteiger partial charge in [0.05, 0.1) is 29.8 Å². The number of anilines is 4. The molecule has 0 saturated carbocycles. The Labute approximate surface area is 213 Å². The SMILES string of the molecule is Cc1nc2ncc(Nc3ccc(OC(F)F)cc3)cc2n1-c1cncc(Nc2ccc(OC(F)F)cc2)n1. The molecule has 9 nitrogen and oxygen atoms in total. The molecule has 0 radical (unpaired) electrons. The van der Waals surface area contributed by atoms with Crippen molar-refractivity contribution >= 4 is 34.0 Å². The van der Waals surface area contributed by atoms with Crippen LogP contribution in [0, 0.1) is 6.92 Å². The van der Waals surface area contributed by atoms with Gasteiger partial charge in [-0.2, -0.15) is 17.6 Å². The highest BCUT2D eigenvalue weighted by molar-refractivity contribution is 5.79. The van der Waals surface area contributed by atoms with Crippen molar-refractivity contribution in [3.63, 3.8) is 0 Å². The van der Waals surface area contributed by atoms with E-state index in [-0.39, 0.29) is 11.5 Å². The zero-order valence-electron chi connectivity index (χ0n) is 19.6. The van der Waals surface area contributed by atoms with Crippen molar-refractivity contribution in [3.8, 4) is 17.3 Å². The van der Waals surface area contributed by atoms with Crippen molar-refractivity contribution in [1.82, 2.24) is 24.5 Å². The Hall–Kier alpha value is -4.94. The second kappa shape index (κ2) is 10.6. The zero-order valence-corrected chi connectivity index (χ0v) is 19.6. The first-order valence-electron chi connectivity index (χ1n) is 11.2. The first-order chi connectivity index (χ1) is 18.3. The number of halogens is 4. The van der Waals surface area contributed by atoms with Crippen molar-refractivity contribution in [3.05, 3.63) is 79.0 Å². The Balaban J connectivity index is 1.39. The van der Waals surface area contributed by atoms with E-state index in [4.69, 9.17) is 0 Å². The number of aromatic nitrogens is 5. The highest BCUT2D eigenvalue weighted by atomic mass is 19.3. The number of rotatable bonds is 9. The summed E-state index contributed by atoms with van der Waals surface area (Å²) in [6.07, 6.45) is 4.70. The molecule has 0 aliphatic carbocycles. The standard InChI is InChI=1S/C25H19F4N7O2/c1-14-32-23-20(10-17(11-31-23)33-15-2-6-18(7-3-15)37-24(26)27)36(14)22-13-30-12-21(35-22)34-16-4-8-19(9-5-16)38-25(28)29/h2-13,24-25,33H,1H3,(H,34,35). The van der Waals surface area contributed by atoms with Gasteiger partial charge in [0.1, 0.15) is 17.3 Å². The third-order valence-corrected chi connectivity index (χ3v) is 5.25. The molecule has 0 aliphatic heterocycles. The Morgan fingerprint density at radius 2 is 1.34 bits per heavy atom. The Morgan fingerprint density at radius 3 is 1.95 bits per heavy atom. The van der Waals surface area contributed by atoms with Crippen LogP contribution in [0.1, 0.15) is 5.82 Å². The van der Waals surface area contributed by atoms with Gasteiger partial charge in [0.25, 0.3) is 0 Å². The van der Waals surface area contributed by atoms with E-state index in [2.05, 4.69) is 40.0 Å². The van der Waals surface area contributed by atoms with Gasteiger partial charge < -0.3 is 20.1 Å². The molecule has 38 heavy (non-hydrogen) atoms. The van der Waals surface area contributed by atoms with Gasteiger partial charge in [-0.05, 0) is 61.5 Å². The predicted octanol–water partition coefficient (Wildman–Crippen LogP) is 6.21. The van der Waals surface area contributed by atoms with E-state index in [0.717, 1.165) is 0 Å². The van der Waals surface area contributed by atoms with Gasteiger partial charge in [0.15, 0.2) is 17.3 Å². The minimum Gasteiger partial charge on any atom is -0.435 e. The lowest BCUT2D eigenvalue weighted by atomic mass is 10.3. The summed E-state index contributed by atoms with van der Waals surface area (Å²) in [4.78, 5) is 17.8. The molecule has 5 rings (SSSR count). The first-order valence-corrected chi connectivity index (χ1v) is 11.2. The monoisotopic (exact) mass is 525 g/mol. The molecule has 0 fully saturated rings. The number of nitrogens with zero attached hydrogens (tertiary/aromatic N) is 5. The quantitative estimate of drug-likeness (QED) is 0.219. The van der Waals surface area contributed by atoms with Crippen molar-refractivity contribution in [1.29, 1.82) is 0 Å². The van der Waals surface area contributed by atoms with Gasteiger partial charge in [-0.3, -0.25) is 9.55 Å². The molecule has 5 aromatic rings. The lowest BCUT2D eigenvalue weighted by Gasteiger charge is -2.11. The Kier molecular flexibility index (Phi) is 6.89. The summed E-state index contributed by atoms with van der Waals surface area (Å²) in [5.74, 6) is 1.61. The fourth-order valence-corrected chi connectivity index (χ4v) is 3.71. The fraction of sp³-hybridized carbons (Fsp3) is 0.120. The minimum atomic E-state index is -2.90. The molecule has 0 amide bonds. The molecule has 2 aromatic carbocycles. The van der Waals surface area contributed by atoms with Gasteiger partial charge >= 0.3 is 13.2 Å². The van der Waals surface area contributed by atoms with E-state index < -0.39 is 13.2 Å². The molecule has 2 N–H and O–H groups in total. The van der Waals surface area contributed by atoms with Crippen LogP contribution in [0.3, 0.4) is 0 Å². The number of fused-ring (bicyclic) bond motifs is 1. The van der Waals surface area contributed by atoms with Crippen LogP contribution in [0.2, 0.25) is 0 Å². The van der Waals surface area contributed by atoms with Gasteiger partial charge in [0, 0.05) is 11.4 Å². The molecule has 0 atom stereocenters. The van der Waals surface area contributed by atoms with Crippen LogP contribution < -0.4 is 20.1 Å². The summed E-state index contributed by atoms with van der Waals surface area (Å²) in [6, 6.07) is 13.9. The highest BCUT2D eigenvalue weighted by Crippen LogP contribution is 2.26. The van der Waals surface area contributed by atoms with Gasteiger partial charge in [-0.15, -0.1) is 0 Å². The van der Waals surface area contributed by atoms with E-state index in [1.165, 1.54) is 30.5 Å². The van der Waals surface area contributed by atoms with Crippen LogP contribution >= 0.6 is 0 Å². The molecule has 0 unspecified atom stereocenters. The normalized spacial score (nSPS) is 11.2. The van der Waals surface area contributed by atoms with E-state index in [0.29, 0.717) is 45.7 Å². The van der Waals surface area contributed by atoms with Crippen LogP contribution in [-0.4, -0.2) is 37.7 Å². The fourth-order valence-electron chi connectivity index (χ4n) is 3.71. The number of hydrogen-bond donors (Lipinski definition) is 2. The number of benzene rings is 2. The van der Waals surface area contributed by atoms with Gasteiger partial charge in [-0.25, -0.2) is 15.0 Å². The topological polar surface area (TPSA) is 99.0 Å². The van der Waals surface area contributed by atoms with E-state index in [1.807, 2.05) is 6.07 Å². The maximum Gasteiger partial charge on any atom is 0.387 e. The molecular formula is C25H19F4N7O2. The molecule has 0 spiro atoms. The first kappa shape index (κ1) is 24.7. The van der Waals surface area contributed by atoms with Crippen LogP contribution in [0.15, 0.2) is 73.2 Å². The Bertz CT molecular complexity index is 1540. The van der Waals surface area contributed by atoms with Crippen LogP contribution in [-0.2, 0) is 0 Å². The highest BCUT2D eigenvalue weighted by Gasteiger charge is 2.14. The molecule has 0 aliphatic rings. The summed E-state index contributed by atoms with van der Waals surface area (Å²) >= 11 is 0. The van der Waals surface area contributed by atoms with Crippen LogP contribution in [0.4, 0.5) is 40.4 Å². The third-order valence-electron chi connectivity index (χ3n) is 5.25. The third kappa shape index (κ3) is 5.72. The van der Waals surface area contributed by atoms with Crippen molar-refractivity contribution < 1.29 is 27.0 Å². The summed E-state index contributed by atoms with van der Waals surface area (Å²) in [5, 5.41) is 6.25. The molecule has 0 bridgehead atoms. The second-order valence-electron chi connectivity index (χ2n) is 7.88. The second-order valence-corrected chi connectivity index (χ2v) is 7.88. The largest absolute Gasteiger partial charge is 0.435 e. The summed E-state index contributed by atoms with van der Waals surface area (Å²) in [5.41, 5.74) is 3.03. The molecular weight excluding hydrogens is 506 g/mol. The van der Waals surface area contributed by atoms with E-state index in [9.17, 15) is 17.6 Å². The van der Waals surface area contributed by atoms with Gasteiger partial charge in [0.2, 0.25) is 0 Å². The summed E-state index contributed by atoms with van der Waals surface area (Å²) in [6.45, 7) is -3.99. The summed E-state index contributed by atoms with van der Waals surface area (Å²) < 4.78 is 60.1.